The highest BCUT2D eigenvalue weighted by atomic mass is 32.2. The molecule has 3 heterocycles. The van der Waals surface area contributed by atoms with Crippen LogP contribution >= 0.6 is 11.3 Å². The number of benzene rings is 1. The average molecular weight is 571 g/mol. The van der Waals surface area contributed by atoms with Crippen molar-refractivity contribution in [3.63, 3.8) is 0 Å². The molecule has 204 valence electrons. The zero-order valence-corrected chi connectivity index (χ0v) is 21.9. The van der Waals surface area contributed by atoms with Gasteiger partial charge in [-0.1, -0.05) is 35.5 Å². The number of piperazine rings is 1. The van der Waals surface area contributed by atoms with E-state index in [1.807, 2.05) is 13.1 Å². The molecular formula is C24H25F3N4O5S2. The summed E-state index contributed by atoms with van der Waals surface area (Å²) < 4.78 is 72.1. The van der Waals surface area contributed by atoms with E-state index in [-0.39, 0.29) is 21.2 Å². The molecule has 14 heteroatoms. The standard InChI is InChI=1S/C24H25F3N4O5S2/c1-30-9-11-31(12-10-30)15-22(16-5-3-2-4-6-16)14-23(22,21(32)33)29-38(34,35)20-8-7-18(37-20)17-13-19(36-28-17)24(25,26)27/h2-8,13,29H,9-12,14-15H2,1H3,(H,32,33). The number of halogens is 3. The van der Waals surface area contributed by atoms with Gasteiger partial charge in [-0.05, 0) is 31.2 Å². The lowest BCUT2D eigenvalue weighted by atomic mass is 9.89. The number of carboxylic acid groups (broad SMARTS) is 1. The summed E-state index contributed by atoms with van der Waals surface area (Å²) in [5.41, 5.74) is -2.25. The SMILES string of the molecule is CN1CCN(CC2(c3ccccc3)CC2(NS(=O)(=O)c2ccc(-c3cc(C(F)(F)F)on3)s2)C(=O)O)CC1. The number of aromatic nitrogens is 1. The molecular weight excluding hydrogens is 545 g/mol. The number of nitrogens with one attached hydrogen (secondary N) is 1. The van der Waals surface area contributed by atoms with Crippen LogP contribution in [0.4, 0.5) is 13.2 Å². The van der Waals surface area contributed by atoms with Crippen LogP contribution in [0.5, 0.6) is 0 Å². The molecule has 3 aromatic rings. The van der Waals surface area contributed by atoms with Crippen LogP contribution in [0.1, 0.15) is 17.7 Å². The van der Waals surface area contributed by atoms with E-state index in [1.165, 1.54) is 12.1 Å². The lowest BCUT2D eigenvalue weighted by molar-refractivity contribution is -0.155. The van der Waals surface area contributed by atoms with Gasteiger partial charge in [-0.2, -0.15) is 17.9 Å². The normalized spacial score (nSPS) is 24.9. The number of aliphatic carboxylic acids is 1. The summed E-state index contributed by atoms with van der Waals surface area (Å²) in [4.78, 5) is 17.2. The Morgan fingerprint density at radius 3 is 2.45 bits per heavy atom. The quantitative estimate of drug-likeness (QED) is 0.425. The van der Waals surface area contributed by atoms with Crippen molar-refractivity contribution in [1.82, 2.24) is 19.7 Å². The first-order chi connectivity index (χ1) is 17.9. The first-order valence-electron chi connectivity index (χ1n) is 11.7. The number of nitrogens with zero attached hydrogens (tertiary/aromatic N) is 3. The van der Waals surface area contributed by atoms with Crippen LogP contribution in [0.2, 0.25) is 0 Å². The highest BCUT2D eigenvalue weighted by Gasteiger charge is 2.75. The van der Waals surface area contributed by atoms with Gasteiger partial charge in [0.25, 0.3) is 10.0 Å². The summed E-state index contributed by atoms with van der Waals surface area (Å²) in [5.74, 6) is -2.59. The molecule has 2 atom stereocenters. The summed E-state index contributed by atoms with van der Waals surface area (Å²) in [5, 5.41) is 13.8. The van der Waals surface area contributed by atoms with E-state index in [9.17, 15) is 31.5 Å². The molecule has 1 saturated heterocycles. The molecule has 1 aliphatic carbocycles. The van der Waals surface area contributed by atoms with Gasteiger partial charge in [0.15, 0.2) is 0 Å². The maximum Gasteiger partial charge on any atom is 0.452 e. The molecule has 1 aliphatic heterocycles. The zero-order chi connectivity index (χ0) is 27.3. The van der Waals surface area contributed by atoms with Gasteiger partial charge in [0.2, 0.25) is 5.76 Å². The molecule has 9 nitrogen and oxygen atoms in total. The van der Waals surface area contributed by atoms with E-state index < -0.39 is 38.9 Å². The summed E-state index contributed by atoms with van der Waals surface area (Å²) in [6, 6.07) is 12.2. The second-order valence-corrected chi connectivity index (χ2v) is 12.7. The molecule has 38 heavy (non-hydrogen) atoms. The average Bonchev–Trinajstić information content (AvgIpc) is 3.24. The van der Waals surface area contributed by atoms with E-state index >= 15 is 0 Å². The van der Waals surface area contributed by atoms with Gasteiger partial charge in [0.05, 0.1) is 4.88 Å². The van der Waals surface area contributed by atoms with Crippen LogP contribution in [0.15, 0.2) is 57.3 Å². The van der Waals surface area contributed by atoms with Crippen molar-refractivity contribution in [3.8, 4) is 10.6 Å². The fraction of sp³-hybridized carbons (Fsp3) is 0.417. The third-order valence-electron chi connectivity index (χ3n) is 7.24. The fourth-order valence-corrected chi connectivity index (χ4v) is 7.73. The number of alkyl halides is 3. The number of rotatable bonds is 8. The van der Waals surface area contributed by atoms with E-state index in [2.05, 4.69) is 24.2 Å². The molecule has 5 rings (SSSR count). The number of sulfonamides is 1. The van der Waals surface area contributed by atoms with Gasteiger partial charge >= 0.3 is 12.1 Å². The van der Waals surface area contributed by atoms with Gasteiger partial charge < -0.3 is 14.5 Å². The highest BCUT2D eigenvalue weighted by Crippen LogP contribution is 2.59. The Balaban J connectivity index is 1.45. The molecule has 0 radical (unpaired) electrons. The molecule has 2 fully saturated rings. The Kier molecular flexibility index (Phi) is 6.67. The molecule has 1 aromatic carbocycles. The van der Waals surface area contributed by atoms with Gasteiger partial charge in [0, 0.05) is 44.2 Å². The van der Waals surface area contributed by atoms with Crippen molar-refractivity contribution in [1.29, 1.82) is 0 Å². The Hall–Kier alpha value is -2.78. The van der Waals surface area contributed by atoms with E-state index in [0.717, 1.165) is 31.7 Å². The van der Waals surface area contributed by atoms with Gasteiger partial charge in [0.1, 0.15) is 15.4 Å². The Morgan fingerprint density at radius 2 is 1.84 bits per heavy atom. The monoisotopic (exact) mass is 570 g/mol. The molecule has 2 unspecified atom stereocenters. The number of thiophene rings is 1. The smallest absolute Gasteiger partial charge is 0.452 e. The van der Waals surface area contributed by atoms with Crippen molar-refractivity contribution < 1.29 is 36.0 Å². The van der Waals surface area contributed by atoms with E-state index in [0.29, 0.717) is 23.9 Å². The number of likely N-dealkylation sites (N-methyl/N-ethyl adjacent to an activating group) is 1. The molecule has 1 saturated carbocycles. The minimum absolute atomic E-state index is 0.0569. The molecule has 2 aliphatic rings. The lowest BCUT2D eigenvalue weighted by Crippen LogP contribution is -2.54. The maximum atomic E-state index is 13.4. The third-order valence-corrected chi connectivity index (χ3v) is 10.3. The van der Waals surface area contributed by atoms with Crippen molar-refractivity contribution in [2.75, 3.05) is 39.8 Å². The number of hydrogen-bond acceptors (Lipinski definition) is 8. The van der Waals surface area contributed by atoms with E-state index in [4.69, 9.17) is 0 Å². The number of carboxylic acids is 1. The molecule has 0 spiro atoms. The van der Waals surface area contributed by atoms with Crippen LogP contribution in [0, 0.1) is 0 Å². The molecule has 2 N–H and O–H groups in total. The highest BCUT2D eigenvalue weighted by molar-refractivity contribution is 7.91. The first kappa shape index (κ1) is 26.8. The van der Waals surface area contributed by atoms with Crippen LogP contribution in [-0.4, -0.2) is 79.8 Å². The topological polar surface area (TPSA) is 116 Å². The van der Waals surface area contributed by atoms with Crippen LogP contribution in [0.3, 0.4) is 0 Å². The Labute approximate surface area is 220 Å². The number of carbonyl (C=O) groups is 1. The zero-order valence-electron chi connectivity index (χ0n) is 20.2. The van der Waals surface area contributed by atoms with Crippen LogP contribution in [0.25, 0.3) is 10.6 Å². The Bertz CT molecular complexity index is 1430. The van der Waals surface area contributed by atoms with Crippen LogP contribution in [-0.2, 0) is 26.4 Å². The minimum atomic E-state index is -4.73. The largest absolute Gasteiger partial charge is 0.480 e. The van der Waals surface area contributed by atoms with Crippen molar-refractivity contribution in [2.45, 2.75) is 27.8 Å². The summed E-state index contributed by atoms with van der Waals surface area (Å²) >= 11 is 0.680. The molecule has 2 aromatic heterocycles. The minimum Gasteiger partial charge on any atom is -0.480 e. The molecule has 0 bridgehead atoms. The van der Waals surface area contributed by atoms with Gasteiger partial charge in [-0.15, -0.1) is 11.3 Å². The van der Waals surface area contributed by atoms with Gasteiger partial charge in [-0.3, -0.25) is 9.69 Å². The number of hydrogen-bond donors (Lipinski definition) is 2. The van der Waals surface area contributed by atoms with Gasteiger partial charge in [-0.25, -0.2) is 8.42 Å². The molecule has 0 amide bonds. The predicted molar refractivity (Wildman–Crippen MR) is 132 cm³/mol. The van der Waals surface area contributed by atoms with E-state index in [1.54, 1.807) is 24.3 Å². The fourth-order valence-electron chi connectivity index (χ4n) is 5.05. The lowest BCUT2D eigenvalue weighted by Gasteiger charge is -2.36. The Morgan fingerprint density at radius 1 is 1.16 bits per heavy atom. The third kappa shape index (κ3) is 4.75. The summed E-state index contributed by atoms with van der Waals surface area (Å²) in [6.07, 6.45) is -4.68. The summed E-state index contributed by atoms with van der Waals surface area (Å²) in [7, 11) is -2.35. The maximum absolute atomic E-state index is 13.4. The van der Waals surface area contributed by atoms with Crippen molar-refractivity contribution in [2.24, 2.45) is 0 Å². The predicted octanol–water partition coefficient (Wildman–Crippen LogP) is 3.11. The second kappa shape index (κ2) is 9.45. The van der Waals surface area contributed by atoms with Crippen LogP contribution < -0.4 is 4.72 Å². The first-order valence-corrected chi connectivity index (χ1v) is 14.0. The summed E-state index contributed by atoms with van der Waals surface area (Å²) in [6.45, 7) is 3.42. The van der Waals surface area contributed by atoms with Crippen molar-refractivity contribution in [3.05, 3.63) is 59.9 Å². The van der Waals surface area contributed by atoms with Crippen molar-refractivity contribution >= 4 is 27.3 Å². The second-order valence-electron chi connectivity index (χ2n) is 9.71.